The zero-order valence-electron chi connectivity index (χ0n) is 22.5. The van der Waals surface area contributed by atoms with E-state index in [-0.39, 0.29) is 23.0 Å². The van der Waals surface area contributed by atoms with Crippen molar-refractivity contribution in [2.75, 3.05) is 13.2 Å². The summed E-state index contributed by atoms with van der Waals surface area (Å²) in [5, 5.41) is 10.5. The second kappa shape index (κ2) is 11.3. The van der Waals surface area contributed by atoms with Gasteiger partial charge < -0.3 is 14.6 Å². The molecular formula is C31H46O3. The third kappa shape index (κ3) is 6.04. The Morgan fingerprint density at radius 2 is 1.65 bits per heavy atom. The van der Waals surface area contributed by atoms with Gasteiger partial charge in [-0.25, -0.2) is 0 Å². The number of aryl methyl sites for hydroxylation is 3. The van der Waals surface area contributed by atoms with E-state index in [1.165, 1.54) is 27.8 Å². The fraction of sp³-hybridized carbons (Fsp3) is 0.613. The zero-order chi connectivity index (χ0) is 24.9. The van der Waals surface area contributed by atoms with Gasteiger partial charge in [-0.1, -0.05) is 65.0 Å². The maximum absolute atomic E-state index is 10.5. The number of hydrogen-bond donors (Lipinski definition) is 1. The van der Waals surface area contributed by atoms with Crippen LogP contribution in [0.3, 0.4) is 0 Å². The van der Waals surface area contributed by atoms with Gasteiger partial charge >= 0.3 is 0 Å². The molecule has 3 heteroatoms. The van der Waals surface area contributed by atoms with E-state index in [9.17, 15) is 5.11 Å². The number of aliphatic hydroxyl groups is 1. The van der Waals surface area contributed by atoms with Crippen LogP contribution in [0.15, 0.2) is 36.4 Å². The molecule has 1 aliphatic heterocycles. The van der Waals surface area contributed by atoms with Gasteiger partial charge in [-0.05, 0) is 91.7 Å². The summed E-state index contributed by atoms with van der Waals surface area (Å²) in [6.45, 7) is 16.8. The lowest BCUT2D eigenvalue weighted by molar-refractivity contribution is 0.0560. The van der Waals surface area contributed by atoms with Crippen molar-refractivity contribution in [1.82, 2.24) is 0 Å². The van der Waals surface area contributed by atoms with Crippen LogP contribution in [0.1, 0.15) is 94.5 Å². The Morgan fingerprint density at radius 1 is 1.00 bits per heavy atom. The first-order chi connectivity index (χ1) is 16.1. The number of rotatable bonds is 10. The van der Waals surface area contributed by atoms with Crippen molar-refractivity contribution >= 4 is 0 Å². The zero-order valence-corrected chi connectivity index (χ0v) is 22.5. The van der Waals surface area contributed by atoms with Gasteiger partial charge in [-0.3, -0.25) is 0 Å². The lowest BCUT2D eigenvalue weighted by Crippen LogP contribution is -2.27. The summed E-state index contributed by atoms with van der Waals surface area (Å²) >= 11 is 0. The first kappa shape index (κ1) is 26.8. The fourth-order valence-corrected chi connectivity index (χ4v) is 5.30. The average molecular weight is 467 g/mol. The van der Waals surface area contributed by atoms with Crippen LogP contribution in [-0.2, 0) is 16.6 Å². The Kier molecular flexibility index (Phi) is 8.87. The molecule has 0 amide bonds. The third-order valence-electron chi connectivity index (χ3n) is 7.97. The Morgan fingerprint density at radius 3 is 2.18 bits per heavy atom. The van der Waals surface area contributed by atoms with Gasteiger partial charge in [-0.2, -0.15) is 0 Å². The van der Waals surface area contributed by atoms with Gasteiger partial charge in [0, 0.05) is 12.0 Å². The molecule has 1 saturated heterocycles. The second-order valence-electron chi connectivity index (χ2n) is 11.3. The minimum absolute atomic E-state index is 0.0218. The monoisotopic (exact) mass is 466 g/mol. The number of benzene rings is 2. The highest BCUT2D eigenvalue weighted by Crippen LogP contribution is 2.41. The van der Waals surface area contributed by atoms with E-state index in [1.54, 1.807) is 0 Å². The lowest BCUT2D eigenvalue weighted by atomic mass is 9.69. The van der Waals surface area contributed by atoms with Crippen molar-refractivity contribution in [3.05, 3.63) is 64.2 Å². The highest BCUT2D eigenvalue weighted by Gasteiger charge is 2.31. The second-order valence-corrected chi connectivity index (χ2v) is 11.3. The van der Waals surface area contributed by atoms with Gasteiger partial charge in [0.1, 0.15) is 12.4 Å². The lowest BCUT2D eigenvalue weighted by Gasteiger charge is -2.34. The molecule has 1 fully saturated rings. The van der Waals surface area contributed by atoms with Gasteiger partial charge in [0.05, 0.1) is 12.2 Å². The van der Waals surface area contributed by atoms with E-state index < -0.39 is 0 Å². The summed E-state index contributed by atoms with van der Waals surface area (Å²) in [4.78, 5) is 0. The number of ether oxygens (including phenoxy) is 2. The van der Waals surface area contributed by atoms with Crippen LogP contribution >= 0.6 is 0 Å². The van der Waals surface area contributed by atoms with E-state index in [2.05, 4.69) is 84.9 Å². The van der Waals surface area contributed by atoms with Crippen molar-refractivity contribution in [3.63, 3.8) is 0 Å². The standard InChI is InChI=1S/C31H46O3/c1-8-31(9-2,25-14-12-24(22(3)19-25)13-17-29(32)30(5,6)7)26-15-16-28(23(4)20-26)34-21-27-11-10-18-33-27/h12,14-16,19-20,27,29,32H,8-11,13,17-18,21H2,1-7H3/t27-,29?/m0/s1. The molecule has 0 bridgehead atoms. The molecule has 0 aromatic heterocycles. The summed E-state index contributed by atoms with van der Waals surface area (Å²) in [6.07, 6.45) is 5.96. The Balaban J connectivity index is 1.81. The van der Waals surface area contributed by atoms with Crippen LogP contribution in [0, 0.1) is 19.3 Å². The molecule has 0 saturated carbocycles. The van der Waals surface area contributed by atoms with Crippen LogP contribution in [0.4, 0.5) is 0 Å². The fourth-order valence-electron chi connectivity index (χ4n) is 5.30. The van der Waals surface area contributed by atoms with E-state index in [4.69, 9.17) is 9.47 Å². The molecule has 1 N–H and O–H groups in total. The van der Waals surface area contributed by atoms with Crippen molar-refractivity contribution in [1.29, 1.82) is 0 Å². The van der Waals surface area contributed by atoms with E-state index in [1.807, 2.05) is 0 Å². The SMILES string of the molecule is CCC(CC)(c1ccc(CCC(O)C(C)(C)C)c(C)c1)c1ccc(OC[C@@H]2CCCO2)c(C)c1. The first-order valence-electron chi connectivity index (χ1n) is 13.2. The van der Waals surface area contributed by atoms with Gasteiger partial charge in [0.25, 0.3) is 0 Å². The summed E-state index contributed by atoms with van der Waals surface area (Å²) < 4.78 is 11.8. The van der Waals surface area contributed by atoms with E-state index >= 15 is 0 Å². The van der Waals surface area contributed by atoms with Crippen molar-refractivity contribution in [2.24, 2.45) is 5.41 Å². The topological polar surface area (TPSA) is 38.7 Å². The van der Waals surface area contributed by atoms with Crippen LogP contribution in [0.25, 0.3) is 0 Å². The normalized spacial score (nSPS) is 17.7. The molecule has 34 heavy (non-hydrogen) atoms. The third-order valence-corrected chi connectivity index (χ3v) is 7.97. The molecule has 1 heterocycles. The molecule has 2 aromatic carbocycles. The van der Waals surface area contributed by atoms with Crippen molar-refractivity contribution in [2.45, 2.75) is 105 Å². The molecule has 2 aromatic rings. The minimum atomic E-state index is -0.291. The highest BCUT2D eigenvalue weighted by molar-refractivity contribution is 5.47. The van der Waals surface area contributed by atoms with Crippen molar-refractivity contribution in [3.8, 4) is 5.75 Å². The predicted molar refractivity (Wildman–Crippen MR) is 142 cm³/mol. The minimum Gasteiger partial charge on any atom is -0.491 e. The summed E-state index contributed by atoms with van der Waals surface area (Å²) in [6, 6.07) is 13.7. The van der Waals surface area contributed by atoms with Gasteiger partial charge in [-0.15, -0.1) is 0 Å². The molecular weight excluding hydrogens is 420 g/mol. The number of aliphatic hydroxyl groups excluding tert-OH is 1. The molecule has 3 rings (SSSR count). The summed E-state index contributed by atoms with van der Waals surface area (Å²) in [7, 11) is 0. The van der Waals surface area contributed by atoms with Crippen LogP contribution < -0.4 is 4.74 Å². The molecule has 2 atom stereocenters. The summed E-state index contributed by atoms with van der Waals surface area (Å²) in [5.41, 5.74) is 6.47. The Labute approximate surface area is 207 Å². The molecule has 3 nitrogen and oxygen atoms in total. The average Bonchev–Trinajstić information content (AvgIpc) is 3.32. The largest absolute Gasteiger partial charge is 0.491 e. The Hall–Kier alpha value is -1.84. The maximum atomic E-state index is 10.5. The quantitative estimate of drug-likeness (QED) is 0.399. The molecule has 1 aliphatic rings. The van der Waals surface area contributed by atoms with Crippen LogP contribution in [0.2, 0.25) is 0 Å². The van der Waals surface area contributed by atoms with E-state index in [0.29, 0.717) is 6.61 Å². The predicted octanol–water partition coefficient (Wildman–Crippen LogP) is 7.31. The number of hydrogen-bond acceptors (Lipinski definition) is 3. The van der Waals surface area contributed by atoms with Gasteiger partial charge in [0.15, 0.2) is 0 Å². The van der Waals surface area contributed by atoms with Crippen LogP contribution in [0.5, 0.6) is 5.75 Å². The maximum Gasteiger partial charge on any atom is 0.122 e. The molecule has 0 spiro atoms. The van der Waals surface area contributed by atoms with Crippen LogP contribution in [-0.4, -0.2) is 30.5 Å². The van der Waals surface area contributed by atoms with Crippen molar-refractivity contribution < 1.29 is 14.6 Å². The smallest absolute Gasteiger partial charge is 0.122 e. The molecule has 1 unspecified atom stereocenters. The first-order valence-corrected chi connectivity index (χ1v) is 13.2. The molecule has 0 radical (unpaired) electrons. The highest BCUT2D eigenvalue weighted by atomic mass is 16.5. The summed E-state index contributed by atoms with van der Waals surface area (Å²) in [5.74, 6) is 0.962. The molecule has 188 valence electrons. The van der Waals surface area contributed by atoms with Gasteiger partial charge in [0.2, 0.25) is 0 Å². The molecule has 0 aliphatic carbocycles. The Bertz CT molecular complexity index is 930. The van der Waals surface area contributed by atoms with E-state index in [0.717, 1.165) is 50.9 Å².